The number of esters is 2. The Bertz CT molecular complexity index is 1150. The molecular formula is C17H9Br3F3IO7S. The third kappa shape index (κ3) is 7.65. The van der Waals surface area contributed by atoms with Gasteiger partial charge in [-0.15, -0.1) is 0 Å². The molecule has 1 atom stereocenters. The van der Waals surface area contributed by atoms with Gasteiger partial charge in [0.15, 0.2) is 5.75 Å². The topological polar surface area (TPSA) is 107 Å². The number of halogens is 7. The summed E-state index contributed by atoms with van der Waals surface area (Å²) >= 11 is 11.4. The molecule has 0 bridgehead atoms. The fraction of sp³-hybridized carbons (Fsp3) is 0.176. The van der Waals surface area contributed by atoms with Gasteiger partial charge in [-0.05, 0) is 84.8 Å². The first-order chi connectivity index (χ1) is 14.6. The predicted molar refractivity (Wildman–Crippen MR) is 125 cm³/mol. The molecule has 0 saturated carbocycles. The van der Waals surface area contributed by atoms with Crippen LogP contribution in [0.4, 0.5) is 13.2 Å². The molecule has 2 aromatic rings. The van der Waals surface area contributed by atoms with Crippen molar-refractivity contribution in [1.29, 1.82) is 0 Å². The summed E-state index contributed by atoms with van der Waals surface area (Å²) in [6, 6.07) is 6.76. The van der Waals surface area contributed by atoms with Crippen LogP contribution in [0.3, 0.4) is 0 Å². The minimum absolute atomic E-state index is 0.0376. The van der Waals surface area contributed by atoms with Gasteiger partial charge in [0.25, 0.3) is 10.1 Å². The molecule has 174 valence electrons. The Morgan fingerprint density at radius 1 is 1.03 bits per heavy atom. The second-order valence-electron chi connectivity index (χ2n) is 5.96. The highest BCUT2D eigenvalue weighted by Gasteiger charge is 2.46. The first kappa shape index (κ1) is 27.5. The molecule has 1 unspecified atom stereocenters. The highest BCUT2D eigenvalue weighted by atomic mass is 127. The van der Waals surface area contributed by atoms with E-state index in [9.17, 15) is 31.2 Å². The van der Waals surface area contributed by atoms with E-state index in [-0.39, 0.29) is 5.75 Å². The lowest BCUT2D eigenvalue weighted by atomic mass is 10.1. The molecule has 7 nitrogen and oxygen atoms in total. The summed E-state index contributed by atoms with van der Waals surface area (Å²) in [5.41, 5.74) is -1.01. The maximum absolute atomic E-state index is 13.1. The van der Waals surface area contributed by atoms with Crippen molar-refractivity contribution in [2.24, 2.45) is 0 Å². The van der Waals surface area contributed by atoms with Crippen molar-refractivity contribution >= 4 is 92.4 Å². The molecule has 0 aromatic heterocycles. The van der Waals surface area contributed by atoms with Crippen LogP contribution in [0.1, 0.15) is 20.7 Å². The Labute approximate surface area is 218 Å². The highest BCUT2D eigenvalue weighted by Crippen LogP contribution is 2.37. The van der Waals surface area contributed by atoms with Gasteiger partial charge in [-0.25, -0.2) is 9.59 Å². The van der Waals surface area contributed by atoms with Crippen LogP contribution >= 0.6 is 70.4 Å². The number of benzene rings is 2. The van der Waals surface area contributed by atoms with Crippen LogP contribution in [-0.2, 0) is 14.9 Å². The normalized spacial score (nSPS) is 12.9. The lowest BCUT2D eigenvalue weighted by Crippen LogP contribution is -2.39. The van der Waals surface area contributed by atoms with Crippen LogP contribution in [-0.4, -0.2) is 42.9 Å². The number of rotatable bonds is 6. The number of ether oxygens (including phenoxy) is 2. The summed E-state index contributed by atoms with van der Waals surface area (Å²) in [4.78, 5) is 25.2. The average molecular weight is 781 g/mol. The van der Waals surface area contributed by atoms with E-state index in [2.05, 4.69) is 52.5 Å². The third-order valence-corrected chi connectivity index (χ3v) is 6.59. The molecule has 15 heteroatoms. The monoisotopic (exact) mass is 778 g/mol. The van der Waals surface area contributed by atoms with Crippen molar-refractivity contribution < 1.29 is 45.2 Å². The minimum Gasteiger partial charge on any atom is -0.448 e. The Kier molecular flexibility index (Phi) is 9.17. The number of hydrogen-bond donors (Lipinski definition) is 1. The zero-order valence-corrected chi connectivity index (χ0v) is 22.9. The predicted octanol–water partition coefficient (Wildman–Crippen LogP) is 5.77. The highest BCUT2D eigenvalue weighted by molar-refractivity contribution is 14.1. The summed E-state index contributed by atoms with van der Waals surface area (Å²) in [6.07, 6.45) is -8.44. The van der Waals surface area contributed by atoms with Crippen molar-refractivity contribution in [2.45, 2.75) is 12.3 Å². The fourth-order valence-electron chi connectivity index (χ4n) is 2.22. The first-order valence-corrected chi connectivity index (χ1v) is 13.0. The quantitative estimate of drug-likeness (QED) is 0.172. The average Bonchev–Trinajstić information content (AvgIpc) is 2.61. The Hall–Kier alpha value is -0.750. The van der Waals surface area contributed by atoms with Crippen LogP contribution in [0.15, 0.2) is 43.7 Å². The number of hydrogen-bond acceptors (Lipinski definition) is 6. The van der Waals surface area contributed by atoms with Crippen molar-refractivity contribution in [3.8, 4) is 5.75 Å². The zero-order valence-electron chi connectivity index (χ0n) is 15.1. The van der Waals surface area contributed by atoms with Gasteiger partial charge in [-0.3, -0.25) is 4.55 Å². The van der Waals surface area contributed by atoms with Crippen molar-refractivity contribution in [1.82, 2.24) is 0 Å². The van der Waals surface area contributed by atoms with E-state index in [0.29, 0.717) is 17.0 Å². The summed E-state index contributed by atoms with van der Waals surface area (Å²) in [7, 11) is -5.13. The van der Waals surface area contributed by atoms with Gasteiger partial charge in [0.2, 0.25) is 6.10 Å². The molecule has 0 heterocycles. The van der Waals surface area contributed by atoms with Crippen LogP contribution in [0.2, 0.25) is 0 Å². The van der Waals surface area contributed by atoms with Gasteiger partial charge in [0.1, 0.15) is 5.75 Å². The number of carbonyl (C=O) groups is 2. The molecule has 0 spiro atoms. The van der Waals surface area contributed by atoms with Crippen LogP contribution in [0.25, 0.3) is 0 Å². The number of carbonyl (C=O) groups excluding carboxylic acids is 2. The molecule has 0 aliphatic rings. The SMILES string of the molecule is O=C(Oc1c(Br)cc(Br)cc1Br)c1ccc(I)cc1C(=O)OC(CS(=O)(=O)O)C(F)(F)F. The molecule has 32 heavy (non-hydrogen) atoms. The zero-order chi connectivity index (χ0) is 24.4. The largest absolute Gasteiger partial charge is 0.448 e. The standard InChI is InChI=1S/C17H9Br3F3IO7S/c18-7-3-11(19)14(12(20)4-7)31-15(25)9-2-1-8(24)5-10(9)16(26)30-13(17(21,22)23)6-32(27,28)29/h1-5,13H,6H2,(H,27,28,29). The summed E-state index contributed by atoms with van der Waals surface area (Å²) in [5.74, 6) is -4.58. The van der Waals surface area contributed by atoms with Gasteiger partial charge in [-0.1, -0.05) is 15.9 Å². The van der Waals surface area contributed by atoms with Crippen molar-refractivity contribution in [3.63, 3.8) is 0 Å². The summed E-state index contributed by atoms with van der Waals surface area (Å²) in [5, 5.41) is 0. The lowest BCUT2D eigenvalue weighted by Gasteiger charge is -2.20. The second kappa shape index (κ2) is 10.7. The summed E-state index contributed by atoms with van der Waals surface area (Å²) in [6.45, 7) is 0. The van der Waals surface area contributed by atoms with Crippen molar-refractivity contribution in [2.75, 3.05) is 5.75 Å². The van der Waals surface area contributed by atoms with Crippen LogP contribution < -0.4 is 4.74 Å². The van der Waals surface area contributed by atoms with Gasteiger partial charge in [-0.2, -0.15) is 21.6 Å². The van der Waals surface area contributed by atoms with E-state index in [1.54, 1.807) is 34.7 Å². The fourth-order valence-corrected chi connectivity index (χ4v) is 5.77. The first-order valence-electron chi connectivity index (χ1n) is 7.97. The smallest absolute Gasteiger partial charge is 0.426 e. The van der Waals surface area contributed by atoms with E-state index in [1.807, 2.05) is 0 Å². The Balaban J connectivity index is 2.41. The van der Waals surface area contributed by atoms with Gasteiger partial charge < -0.3 is 9.47 Å². The third-order valence-electron chi connectivity index (χ3n) is 3.56. The molecule has 0 aliphatic heterocycles. The summed E-state index contributed by atoms with van der Waals surface area (Å²) < 4.78 is 81.2. The molecule has 2 aromatic carbocycles. The van der Waals surface area contributed by atoms with Crippen molar-refractivity contribution in [3.05, 3.63) is 58.4 Å². The van der Waals surface area contributed by atoms with E-state index in [0.717, 1.165) is 12.1 Å². The molecule has 1 N–H and O–H groups in total. The molecule has 0 aliphatic carbocycles. The van der Waals surface area contributed by atoms with Gasteiger partial charge in [0, 0.05) is 8.04 Å². The minimum atomic E-state index is -5.29. The van der Waals surface area contributed by atoms with E-state index < -0.39 is 51.2 Å². The van der Waals surface area contributed by atoms with E-state index >= 15 is 0 Å². The number of alkyl halides is 3. The van der Waals surface area contributed by atoms with Gasteiger partial charge >= 0.3 is 18.1 Å². The lowest BCUT2D eigenvalue weighted by molar-refractivity contribution is -0.197. The molecule has 0 radical (unpaired) electrons. The molecule has 0 amide bonds. The van der Waals surface area contributed by atoms with Gasteiger partial charge in [0.05, 0.1) is 20.1 Å². The molecule has 0 saturated heterocycles. The maximum atomic E-state index is 13.1. The van der Waals surface area contributed by atoms with E-state index in [1.165, 1.54) is 6.07 Å². The van der Waals surface area contributed by atoms with E-state index in [4.69, 9.17) is 9.29 Å². The van der Waals surface area contributed by atoms with Crippen LogP contribution in [0.5, 0.6) is 5.75 Å². The second-order valence-corrected chi connectivity index (χ2v) is 11.3. The Morgan fingerprint density at radius 3 is 2.09 bits per heavy atom. The van der Waals surface area contributed by atoms with Crippen LogP contribution in [0, 0.1) is 3.57 Å². The molecule has 0 fully saturated rings. The Morgan fingerprint density at radius 2 is 1.59 bits per heavy atom. The molecule has 2 rings (SSSR count). The molecular weight excluding hydrogens is 772 g/mol. The maximum Gasteiger partial charge on any atom is 0.426 e.